The molecule has 0 atom stereocenters. The van der Waals surface area contributed by atoms with E-state index in [-0.39, 0.29) is 12.6 Å². The van der Waals surface area contributed by atoms with Gasteiger partial charge in [0.25, 0.3) is 0 Å². The van der Waals surface area contributed by atoms with Crippen LogP contribution < -0.4 is 4.74 Å². The van der Waals surface area contributed by atoms with E-state index in [0.29, 0.717) is 17.2 Å². The minimum atomic E-state index is -0.264. The summed E-state index contributed by atoms with van der Waals surface area (Å²) >= 11 is 1.52. The third kappa shape index (κ3) is 5.13. The van der Waals surface area contributed by atoms with E-state index in [9.17, 15) is 4.79 Å². The highest BCUT2D eigenvalue weighted by molar-refractivity contribution is 7.99. The molecule has 3 rings (SSSR count). The van der Waals surface area contributed by atoms with E-state index in [0.717, 1.165) is 17.1 Å². The van der Waals surface area contributed by atoms with Gasteiger partial charge in [0.15, 0.2) is 5.76 Å². The fourth-order valence-electron chi connectivity index (χ4n) is 2.29. The van der Waals surface area contributed by atoms with Gasteiger partial charge in [0.2, 0.25) is 0 Å². The molecule has 2 aromatic carbocycles. The zero-order chi connectivity index (χ0) is 18.2. The van der Waals surface area contributed by atoms with Gasteiger partial charge in [-0.15, -0.1) is 11.8 Å². The minimum absolute atomic E-state index is 0.102. The molecule has 26 heavy (non-hydrogen) atoms. The second kappa shape index (κ2) is 9.10. The van der Waals surface area contributed by atoms with Crippen LogP contribution in [0.2, 0.25) is 0 Å². The van der Waals surface area contributed by atoms with Gasteiger partial charge in [0, 0.05) is 17.4 Å². The van der Waals surface area contributed by atoms with Crippen molar-refractivity contribution in [3.63, 3.8) is 0 Å². The average Bonchev–Trinajstić information content (AvgIpc) is 3.16. The average molecular weight is 369 g/mol. The number of aromatic nitrogens is 1. The fraction of sp³-hybridized carbons (Fsp3) is 0.200. The lowest BCUT2D eigenvalue weighted by molar-refractivity contribution is -0.141. The normalized spacial score (nSPS) is 10.5. The molecule has 0 spiro atoms. The molecule has 5 nitrogen and oxygen atoms in total. The van der Waals surface area contributed by atoms with Crippen molar-refractivity contribution >= 4 is 17.7 Å². The Labute approximate surface area is 156 Å². The van der Waals surface area contributed by atoms with E-state index >= 15 is 0 Å². The maximum absolute atomic E-state index is 11.8. The van der Waals surface area contributed by atoms with Crippen LogP contribution in [0.3, 0.4) is 0 Å². The van der Waals surface area contributed by atoms with Crippen molar-refractivity contribution in [1.29, 1.82) is 0 Å². The number of thioether (sulfide) groups is 1. The molecule has 0 unspecified atom stereocenters. The summed E-state index contributed by atoms with van der Waals surface area (Å²) in [4.78, 5) is 11.8. The first-order chi connectivity index (χ1) is 12.7. The molecule has 0 aliphatic carbocycles. The SMILES string of the molecule is COc1ccc(-c2cc(COC(=O)CSCc3ccccc3)no2)cc1. The van der Waals surface area contributed by atoms with Crippen molar-refractivity contribution in [1.82, 2.24) is 5.16 Å². The number of ether oxygens (including phenoxy) is 2. The number of nitrogens with zero attached hydrogens (tertiary/aromatic N) is 1. The van der Waals surface area contributed by atoms with Gasteiger partial charge >= 0.3 is 5.97 Å². The van der Waals surface area contributed by atoms with Crippen LogP contribution in [-0.4, -0.2) is 24.0 Å². The Morgan fingerprint density at radius 3 is 2.62 bits per heavy atom. The fourth-order valence-corrected chi connectivity index (χ4v) is 3.07. The van der Waals surface area contributed by atoms with Crippen LogP contribution in [0.25, 0.3) is 11.3 Å². The first-order valence-electron chi connectivity index (χ1n) is 8.12. The van der Waals surface area contributed by atoms with Crippen LogP contribution in [0, 0.1) is 0 Å². The van der Waals surface area contributed by atoms with Gasteiger partial charge in [0.1, 0.15) is 18.1 Å². The van der Waals surface area contributed by atoms with E-state index in [1.165, 1.54) is 17.3 Å². The van der Waals surface area contributed by atoms with Crippen molar-refractivity contribution in [3.8, 4) is 17.1 Å². The van der Waals surface area contributed by atoms with Crippen LogP contribution in [0.5, 0.6) is 5.75 Å². The lowest BCUT2D eigenvalue weighted by Crippen LogP contribution is -2.07. The summed E-state index contributed by atoms with van der Waals surface area (Å²) in [6.45, 7) is 0.102. The number of carbonyl (C=O) groups excluding carboxylic acids is 1. The molecule has 0 amide bonds. The number of esters is 1. The lowest BCUT2D eigenvalue weighted by atomic mass is 10.1. The molecular weight excluding hydrogens is 350 g/mol. The number of hydrogen-bond acceptors (Lipinski definition) is 6. The summed E-state index contributed by atoms with van der Waals surface area (Å²) < 4.78 is 15.7. The van der Waals surface area contributed by atoms with Gasteiger partial charge in [0.05, 0.1) is 12.9 Å². The Hall–Kier alpha value is -2.73. The van der Waals surface area contributed by atoms with E-state index in [2.05, 4.69) is 5.16 Å². The van der Waals surface area contributed by atoms with Crippen molar-refractivity contribution in [2.45, 2.75) is 12.4 Å². The Morgan fingerprint density at radius 1 is 1.12 bits per heavy atom. The van der Waals surface area contributed by atoms with Gasteiger partial charge in [-0.1, -0.05) is 35.5 Å². The minimum Gasteiger partial charge on any atom is -0.497 e. The molecule has 0 radical (unpaired) electrons. The highest BCUT2D eigenvalue weighted by Crippen LogP contribution is 2.23. The van der Waals surface area contributed by atoms with Gasteiger partial charge in [-0.3, -0.25) is 4.79 Å². The number of rotatable bonds is 8. The first kappa shape index (κ1) is 18.1. The van der Waals surface area contributed by atoms with E-state index < -0.39 is 0 Å². The van der Waals surface area contributed by atoms with Gasteiger partial charge < -0.3 is 14.0 Å². The molecule has 0 N–H and O–H groups in total. The first-order valence-corrected chi connectivity index (χ1v) is 9.27. The molecule has 1 aromatic heterocycles. The number of hydrogen-bond donors (Lipinski definition) is 0. The Kier molecular flexibility index (Phi) is 6.33. The van der Waals surface area contributed by atoms with E-state index in [1.807, 2.05) is 54.6 Å². The molecule has 1 heterocycles. The number of methoxy groups -OCH3 is 1. The van der Waals surface area contributed by atoms with E-state index in [1.54, 1.807) is 13.2 Å². The molecule has 3 aromatic rings. The predicted octanol–water partition coefficient (Wildman–Crippen LogP) is 4.33. The molecule has 0 saturated carbocycles. The second-order valence-corrected chi connectivity index (χ2v) is 6.54. The standard InChI is InChI=1S/C20H19NO4S/c1-23-18-9-7-16(8-10-18)19-11-17(21-25-19)12-24-20(22)14-26-13-15-5-3-2-4-6-15/h2-11H,12-14H2,1H3. The number of benzene rings is 2. The molecule has 0 bridgehead atoms. The van der Waals surface area contributed by atoms with E-state index in [4.69, 9.17) is 14.0 Å². The molecule has 134 valence electrons. The smallest absolute Gasteiger partial charge is 0.316 e. The summed E-state index contributed by atoms with van der Waals surface area (Å²) in [7, 11) is 1.62. The van der Waals surface area contributed by atoms with Crippen molar-refractivity contribution in [2.75, 3.05) is 12.9 Å². The Morgan fingerprint density at radius 2 is 1.88 bits per heavy atom. The van der Waals surface area contributed by atoms with Gasteiger partial charge in [-0.05, 0) is 29.8 Å². The maximum atomic E-state index is 11.8. The highest BCUT2D eigenvalue weighted by atomic mass is 32.2. The predicted molar refractivity (Wildman–Crippen MR) is 101 cm³/mol. The largest absolute Gasteiger partial charge is 0.497 e. The summed E-state index contributed by atoms with van der Waals surface area (Å²) in [6.07, 6.45) is 0. The van der Waals surface area contributed by atoms with Crippen LogP contribution in [0.4, 0.5) is 0 Å². The maximum Gasteiger partial charge on any atom is 0.316 e. The lowest BCUT2D eigenvalue weighted by Gasteiger charge is -2.03. The van der Waals surface area contributed by atoms with Crippen molar-refractivity contribution < 1.29 is 18.8 Å². The monoisotopic (exact) mass is 369 g/mol. The summed E-state index contributed by atoms with van der Waals surface area (Å²) in [5, 5.41) is 3.94. The Balaban J connectivity index is 1.44. The van der Waals surface area contributed by atoms with Gasteiger partial charge in [-0.25, -0.2) is 0 Å². The Bertz CT molecular complexity index is 831. The molecular formula is C20H19NO4S. The van der Waals surface area contributed by atoms with Crippen LogP contribution >= 0.6 is 11.8 Å². The molecule has 0 fully saturated rings. The molecule has 6 heteroatoms. The molecule has 0 aliphatic rings. The zero-order valence-corrected chi connectivity index (χ0v) is 15.2. The summed E-state index contributed by atoms with van der Waals surface area (Å²) in [6, 6.07) is 19.3. The van der Waals surface area contributed by atoms with Crippen molar-refractivity contribution in [3.05, 3.63) is 71.9 Å². The third-order valence-corrected chi connectivity index (χ3v) is 4.62. The summed E-state index contributed by atoms with van der Waals surface area (Å²) in [5.41, 5.74) is 2.65. The van der Waals surface area contributed by atoms with Crippen LogP contribution in [0.15, 0.2) is 65.2 Å². The molecule has 0 aliphatic heterocycles. The quantitative estimate of drug-likeness (QED) is 0.551. The van der Waals surface area contributed by atoms with Crippen molar-refractivity contribution in [2.24, 2.45) is 0 Å². The molecule has 0 saturated heterocycles. The topological polar surface area (TPSA) is 61.6 Å². The van der Waals surface area contributed by atoms with Crippen LogP contribution in [-0.2, 0) is 21.9 Å². The van der Waals surface area contributed by atoms with Crippen LogP contribution in [0.1, 0.15) is 11.3 Å². The zero-order valence-electron chi connectivity index (χ0n) is 14.4. The summed E-state index contributed by atoms with van der Waals surface area (Å²) in [5.74, 6) is 2.21. The van der Waals surface area contributed by atoms with Gasteiger partial charge in [-0.2, -0.15) is 0 Å². The number of carbonyl (C=O) groups is 1. The second-order valence-electron chi connectivity index (χ2n) is 5.55. The third-order valence-electron chi connectivity index (χ3n) is 3.65. The highest BCUT2D eigenvalue weighted by Gasteiger charge is 2.10.